The van der Waals surface area contributed by atoms with Crippen molar-refractivity contribution in [2.75, 3.05) is 32.6 Å². The Hall–Kier alpha value is -3.42. The second kappa shape index (κ2) is 9.60. The molecule has 0 unspecified atom stereocenters. The molecular weight excluding hydrogens is 416 g/mol. The number of carbonyl (C=O) groups is 2. The molecule has 0 spiro atoms. The van der Waals surface area contributed by atoms with Gasteiger partial charge in [-0.3, -0.25) is 9.59 Å². The molecule has 3 aromatic rings. The van der Waals surface area contributed by atoms with Gasteiger partial charge in [-0.05, 0) is 30.9 Å². The SMILES string of the molecule is CC(=O)N(C)Cc1cc(N(C)C)nc([C@H]2CCCCN2C(=O)Cc2c[nH]c3ccccc23)n1. The fourth-order valence-corrected chi connectivity index (χ4v) is 4.36. The number of H-pyrrole nitrogens is 1. The van der Waals surface area contributed by atoms with Gasteiger partial charge in [0.05, 0.1) is 24.7 Å². The molecular formula is C25H32N6O2. The van der Waals surface area contributed by atoms with Gasteiger partial charge in [0.2, 0.25) is 11.8 Å². The first-order chi connectivity index (χ1) is 15.8. The van der Waals surface area contributed by atoms with Crippen molar-refractivity contribution in [1.29, 1.82) is 0 Å². The average Bonchev–Trinajstić information content (AvgIpc) is 3.21. The zero-order chi connectivity index (χ0) is 23.5. The first-order valence-electron chi connectivity index (χ1n) is 11.4. The van der Waals surface area contributed by atoms with Gasteiger partial charge in [-0.1, -0.05) is 18.2 Å². The molecule has 1 aliphatic heterocycles. The van der Waals surface area contributed by atoms with Gasteiger partial charge in [0.25, 0.3) is 0 Å². The Bertz CT molecular complexity index is 1150. The molecule has 1 atom stereocenters. The van der Waals surface area contributed by atoms with Crippen LogP contribution in [0, 0.1) is 0 Å². The van der Waals surface area contributed by atoms with E-state index >= 15 is 0 Å². The van der Waals surface area contributed by atoms with Gasteiger partial charge in [0, 0.05) is 57.8 Å². The lowest BCUT2D eigenvalue weighted by Crippen LogP contribution is -2.40. The zero-order valence-corrected chi connectivity index (χ0v) is 19.8. The van der Waals surface area contributed by atoms with Crippen LogP contribution in [-0.4, -0.2) is 64.3 Å². The van der Waals surface area contributed by atoms with Crippen molar-refractivity contribution in [2.24, 2.45) is 0 Å². The lowest BCUT2D eigenvalue weighted by Gasteiger charge is -2.35. The number of fused-ring (bicyclic) bond motifs is 1. The molecule has 8 nitrogen and oxygen atoms in total. The molecule has 1 saturated heterocycles. The summed E-state index contributed by atoms with van der Waals surface area (Å²) in [4.78, 5) is 43.6. The van der Waals surface area contributed by atoms with Crippen LogP contribution >= 0.6 is 0 Å². The Balaban J connectivity index is 1.62. The molecule has 2 amide bonds. The van der Waals surface area contributed by atoms with Crippen LogP contribution < -0.4 is 4.90 Å². The van der Waals surface area contributed by atoms with Crippen LogP contribution in [-0.2, 0) is 22.6 Å². The van der Waals surface area contributed by atoms with E-state index in [4.69, 9.17) is 9.97 Å². The number of aromatic amines is 1. The van der Waals surface area contributed by atoms with E-state index in [1.165, 1.54) is 0 Å². The van der Waals surface area contributed by atoms with Gasteiger partial charge in [-0.2, -0.15) is 0 Å². The third-order valence-corrected chi connectivity index (χ3v) is 6.32. The first-order valence-corrected chi connectivity index (χ1v) is 11.4. The summed E-state index contributed by atoms with van der Waals surface area (Å²) in [5, 5.41) is 1.08. The van der Waals surface area contributed by atoms with Crippen molar-refractivity contribution in [3.63, 3.8) is 0 Å². The van der Waals surface area contributed by atoms with Crippen molar-refractivity contribution in [2.45, 2.75) is 45.2 Å². The number of hydrogen-bond donors (Lipinski definition) is 1. The van der Waals surface area contributed by atoms with E-state index in [1.54, 1.807) is 18.9 Å². The van der Waals surface area contributed by atoms with Gasteiger partial charge in [-0.25, -0.2) is 9.97 Å². The minimum atomic E-state index is -0.169. The maximum atomic E-state index is 13.5. The van der Waals surface area contributed by atoms with Gasteiger partial charge in [-0.15, -0.1) is 0 Å². The number of amides is 2. The second-order valence-corrected chi connectivity index (χ2v) is 8.98. The molecule has 1 aliphatic rings. The molecule has 1 N–H and O–H groups in total. The number of nitrogens with zero attached hydrogens (tertiary/aromatic N) is 5. The molecule has 1 fully saturated rings. The molecule has 0 radical (unpaired) electrons. The Morgan fingerprint density at radius 1 is 1.15 bits per heavy atom. The molecule has 0 aliphatic carbocycles. The number of para-hydroxylation sites is 1. The number of carbonyl (C=O) groups excluding carboxylic acids is 2. The third-order valence-electron chi connectivity index (χ3n) is 6.32. The number of piperidine rings is 1. The lowest BCUT2D eigenvalue weighted by molar-refractivity contribution is -0.134. The van der Waals surface area contributed by atoms with E-state index in [0.29, 0.717) is 25.3 Å². The first kappa shape index (κ1) is 22.8. The Morgan fingerprint density at radius 3 is 2.70 bits per heavy atom. The Kier molecular flexibility index (Phi) is 6.62. The van der Waals surface area contributed by atoms with Crippen LogP contribution in [0.25, 0.3) is 10.9 Å². The summed E-state index contributed by atoms with van der Waals surface area (Å²) in [7, 11) is 5.63. The molecule has 1 aromatic carbocycles. The van der Waals surface area contributed by atoms with Gasteiger partial charge < -0.3 is 19.7 Å². The quantitative estimate of drug-likeness (QED) is 0.625. The number of aromatic nitrogens is 3. The summed E-state index contributed by atoms with van der Waals surface area (Å²) in [6.07, 6.45) is 5.11. The predicted molar refractivity (Wildman–Crippen MR) is 129 cm³/mol. The number of hydrogen-bond acceptors (Lipinski definition) is 5. The van der Waals surface area contributed by atoms with Crippen LogP contribution in [0.3, 0.4) is 0 Å². The van der Waals surface area contributed by atoms with Gasteiger partial charge >= 0.3 is 0 Å². The summed E-state index contributed by atoms with van der Waals surface area (Å²) in [6, 6.07) is 9.79. The van der Waals surface area contributed by atoms with Crippen molar-refractivity contribution in [3.8, 4) is 0 Å². The number of likely N-dealkylation sites (tertiary alicyclic amines) is 1. The highest BCUT2D eigenvalue weighted by atomic mass is 16.2. The van der Waals surface area contributed by atoms with E-state index in [-0.39, 0.29) is 17.9 Å². The molecule has 2 aromatic heterocycles. The van der Waals surface area contributed by atoms with Crippen LogP contribution in [0.4, 0.5) is 5.82 Å². The number of anilines is 1. The van der Waals surface area contributed by atoms with Crippen LogP contribution in [0.1, 0.15) is 49.3 Å². The van der Waals surface area contributed by atoms with Crippen molar-refractivity contribution >= 4 is 28.5 Å². The highest BCUT2D eigenvalue weighted by Gasteiger charge is 2.31. The van der Waals surface area contributed by atoms with E-state index in [2.05, 4.69) is 4.98 Å². The summed E-state index contributed by atoms with van der Waals surface area (Å²) in [6.45, 7) is 2.65. The summed E-state index contributed by atoms with van der Waals surface area (Å²) in [5.74, 6) is 1.50. The summed E-state index contributed by atoms with van der Waals surface area (Å²) >= 11 is 0. The fourth-order valence-electron chi connectivity index (χ4n) is 4.36. The van der Waals surface area contributed by atoms with E-state index < -0.39 is 0 Å². The number of nitrogens with one attached hydrogen (secondary N) is 1. The maximum absolute atomic E-state index is 13.5. The smallest absolute Gasteiger partial charge is 0.227 e. The predicted octanol–water partition coefficient (Wildman–Crippen LogP) is 3.30. The topological polar surface area (TPSA) is 85.4 Å². The highest BCUT2D eigenvalue weighted by molar-refractivity contribution is 5.89. The van der Waals surface area contributed by atoms with E-state index in [1.807, 2.05) is 60.4 Å². The molecule has 4 rings (SSSR count). The van der Waals surface area contributed by atoms with Crippen molar-refractivity contribution in [3.05, 3.63) is 53.6 Å². The van der Waals surface area contributed by atoms with Crippen LogP contribution in [0.5, 0.6) is 0 Å². The van der Waals surface area contributed by atoms with Gasteiger partial charge in [0.1, 0.15) is 5.82 Å². The minimum absolute atomic E-state index is 0.0187. The normalized spacial score (nSPS) is 16.1. The van der Waals surface area contributed by atoms with E-state index in [9.17, 15) is 9.59 Å². The Morgan fingerprint density at radius 2 is 1.94 bits per heavy atom. The third kappa shape index (κ3) is 4.99. The monoisotopic (exact) mass is 448 g/mol. The van der Waals surface area contributed by atoms with E-state index in [0.717, 1.165) is 47.2 Å². The largest absolute Gasteiger partial charge is 0.363 e. The molecule has 174 valence electrons. The maximum Gasteiger partial charge on any atom is 0.227 e. The average molecular weight is 449 g/mol. The second-order valence-electron chi connectivity index (χ2n) is 8.98. The standard InChI is InChI=1S/C25H32N6O2/c1-17(32)30(4)16-19-14-23(29(2)3)28-25(27-19)22-11-7-8-12-31(22)24(33)13-18-15-26-21-10-6-5-9-20(18)21/h5-6,9-10,14-15,22,26H,7-8,11-13,16H2,1-4H3/t22-/m1/s1. The number of benzene rings is 1. The van der Waals surface area contributed by atoms with Gasteiger partial charge in [0.15, 0.2) is 5.82 Å². The fraction of sp³-hybridized carbons (Fsp3) is 0.440. The molecule has 0 bridgehead atoms. The summed E-state index contributed by atoms with van der Waals surface area (Å²) in [5.41, 5.74) is 2.82. The minimum Gasteiger partial charge on any atom is -0.363 e. The summed E-state index contributed by atoms with van der Waals surface area (Å²) < 4.78 is 0. The van der Waals surface area contributed by atoms with Crippen LogP contribution in [0.2, 0.25) is 0 Å². The lowest BCUT2D eigenvalue weighted by atomic mass is 9.99. The molecule has 33 heavy (non-hydrogen) atoms. The molecule has 0 saturated carbocycles. The van der Waals surface area contributed by atoms with Crippen molar-refractivity contribution in [1.82, 2.24) is 24.8 Å². The molecule has 8 heteroatoms. The highest BCUT2D eigenvalue weighted by Crippen LogP contribution is 2.31. The Labute approximate surface area is 194 Å². The molecule has 3 heterocycles. The van der Waals surface area contributed by atoms with Crippen molar-refractivity contribution < 1.29 is 9.59 Å². The van der Waals surface area contributed by atoms with Crippen LogP contribution in [0.15, 0.2) is 36.5 Å². The zero-order valence-electron chi connectivity index (χ0n) is 19.8. The number of rotatable bonds is 6.